The fraction of sp³-hybridized carbons (Fsp3) is 0.471. The fourth-order valence-corrected chi connectivity index (χ4v) is 2.67. The van der Waals surface area contributed by atoms with Gasteiger partial charge in [-0.3, -0.25) is 4.98 Å². The van der Waals surface area contributed by atoms with Crippen molar-refractivity contribution in [1.29, 1.82) is 0 Å². The van der Waals surface area contributed by atoms with Crippen LogP contribution in [0.25, 0.3) is 10.9 Å². The lowest BCUT2D eigenvalue weighted by Gasteiger charge is -2.25. The van der Waals surface area contributed by atoms with Crippen LogP contribution < -0.4 is 9.47 Å². The molecule has 2 heterocycles. The Bertz CT molecular complexity index is 609. The van der Waals surface area contributed by atoms with Crippen LogP contribution in [0, 0.1) is 5.92 Å². The number of benzene rings is 1. The summed E-state index contributed by atoms with van der Waals surface area (Å²) >= 11 is 0. The molecule has 0 saturated carbocycles. The second kappa shape index (κ2) is 5.70. The Labute approximate surface area is 119 Å². The highest BCUT2D eigenvalue weighted by atomic mass is 16.5. The van der Waals surface area contributed by atoms with Crippen molar-refractivity contribution in [3.8, 4) is 11.5 Å². The Balaban J connectivity index is 2.03. The monoisotopic (exact) mass is 271 g/mol. The highest BCUT2D eigenvalue weighted by molar-refractivity contribution is 5.85. The van der Waals surface area contributed by atoms with Crippen molar-refractivity contribution < 1.29 is 9.47 Å². The summed E-state index contributed by atoms with van der Waals surface area (Å²) in [6, 6.07) is 6.15. The van der Waals surface area contributed by atoms with Crippen LogP contribution in [0.15, 0.2) is 24.4 Å². The van der Waals surface area contributed by atoms with E-state index in [2.05, 4.69) is 24.9 Å². The minimum absolute atomic E-state index is 0.605. The lowest BCUT2D eigenvalue weighted by Crippen LogP contribution is -2.20. The number of pyridine rings is 1. The zero-order valence-corrected chi connectivity index (χ0v) is 12.2. The predicted octanol–water partition coefficient (Wildman–Crippen LogP) is 3.98. The first kappa shape index (κ1) is 13.2. The summed E-state index contributed by atoms with van der Waals surface area (Å²) < 4.78 is 11.6. The average molecular weight is 271 g/mol. The van der Waals surface area contributed by atoms with Crippen LogP contribution in [0.4, 0.5) is 0 Å². The predicted molar refractivity (Wildman–Crippen MR) is 80.5 cm³/mol. The van der Waals surface area contributed by atoms with E-state index >= 15 is 0 Å². The summed E-state index contributed by atoms with van der Waals surface area (Å²) in [6.07, 6.45) is 5.09. The van der Waals surface area contributed by atoms with Crippen LogP contribution in [0.2, 0.25) is 0 Å². The third-order valence-electron chi connectivity index (χ3n) is 3.93. The maximum Gasteiger partial charge on any atom is 0.141 e. The van der Waals surface area contributed by atoms with Gasteiger partial charge in [-0.05, 0) is 43.4 Å². The molecule has 3 rings (SSSR count). The third kappa shape index (κ3) is 2.45. The number of nitrogens with zero attached hydrogens (tertiary/aromatic N) is 1. The molecule has 1 atom stereocenters. The van der Waals surface area contributed by atoms with Crippen molar-refractivity contribution in [2.24, 2.45) is 5.92 Å². The molecular formula is C17H21NO2. The maximum absolute atomic E-state index is 5.85. The van der Waals surface area contributed by atoms with Crippen molar-refractivity contribution in [2.75, 3.05) is 13.2 Å². The Morgan fingerprint density at radius 2 is 2.25 bits per heavy atom. The molecule has 0 spiro atoms. The van der Waals surface area contributed by atoms with E-state index in [9.17, 15) is 0 Å². The summed E-state index contributed by atoms with van der Waals surface area (Å²) in [4.78, 5) is 4.49. The van der Waals surface area contributed by atoms with E-state index in [-0.39, 0.29) is 0 Å². The number of ether oxygens (including phenoxy) is 2. The molecule has 0 radical (unpaired) electrons. The molecule has 1 aliphatic heterocycles. The van der Waals surface area contributed by atoms with Gasteiger partial charge in [0.1, 0.15) is 11.5 Å². The fourth-order valence-electron chi connectivity index (χ4n) is 2.67. The normalized spacial score (nSPS) is 17.6. The van der Waals surface area contributed by atoms with Gasteiger partial charge in [-0.1, -0.05) is 13.8 Å². The van der Waals surface area contributed by atoms with E-state index in [1.54, 1.807) is 0 Å². The van der Waals surface area contributed by atoms with Crippen LogP contribution >= 0.6 is 0 Å². The molecule has 3 heteroatoms. The van der Waals surface area contributed by atoms with Gasteiger partial charge in [-0.2, -0.15) is 0 Å². The highest BCUT2D eigenvalue weighted by Crippen LogP contribution is 2.34. The summed E-state index contributed by atoms with van der Waals surface area (Å²) in [5.74, 6) is 2.47. The number of hydrogen-bond donors (Lipinski definition) is 0. The van der Waals surface area contributed by atoms with Crippen molar-refractivity contribution in [3.05, 3.63) is 30.0 Å². The Kier molecular flexibility index (Phi) is 3.77. The van der Waals surface area contributed by atoms with Gasteiger partial charge in [0, 0.05) is 10.9 Å². The van der Waals surface area contributed by atoms with E-state index in [0.29, 0.717) is 5.92 Å². The van der Waals surface area contributed by atoms with Gasteiger partial charge in [0.15, 0.2) is 0 Å². The summed E-state index contributed by atoms with van der Waals surface area (Å²) in [5, 5.41) is 1.18. The molecule has 0 amide bonds. The first-order valence-electron chi connectivity index (χ1n) is 7.49. The summed E-state index contributed by atoms with van der Waals surface area (Å²) in [7, 11) is 0. The Morgan fingerprint density at radius 3 is 3.05 bits per heavy atom. The number of fused-ring (bicyclic) bond motifs is 3. The number of hydrogen-bond acceptors (Lipinski definition) is 3. The van der Waals surface area contributed by atoms with Crippen LogP contribution in [0.1, 0.15) is 32.3 Å². The SMILES string of the molecule is CCCOc1ccc2ncc3c(c2c1)CC(CC)CO3. The zero-order chi connectivity index (χ0) is 13.9. The lowest BCUT2D eigenvalue weighted by atomic mass is 9.92. The molecular weight excluding hydrogens is 250 g/mol. The van der Waals surface area contributed by atoms with Gasteiger partial charge in [-0.15, -0.1) is 0 Å². The first-order valence-corrected chi connectivity index (χ1v) is 7.49. The summed E-state index contributed by atoms with van der Waals surface area (Å²) in [5.41, 5.74) is 2.31. The van der Waals surface area contributed by atoms with Crippen LogP contribution in [0.3, 0.4) is 0 Å². The molecule has 0 bridgehead atoms. The van der Waals surface area contributed by atoms with Crippen molar-refractivity contribution >= 4 is 10.9 Å². The molecule has 1 aromatic carbocycles. The van der Waals surface area contributed by atoms with Crippen LogP contribution in [0.5, 0.6) is 11.5 Å². The van der Waals surface area contributed by atoms with Gasteiger partial charge < -0.3 is 9.47 Å². The second-order valence-corrected chi connectivity index (χ2v) is 5.42. The van der Waals surface area contributed by atoms with Gasteiger partial charge in [0.2, 0.25) is 0 Å². The summed E-state index contributed by atoms with van der Waals surface area (Å²) in [6.45, 7) is 5.90. The van der Waals surface area contributed by atoms with Crippen LogP contribution in [-0.4, -0.2) is 18.2 Å². The molecule has 20 heavy (non-hydrogen) atoms. The topological polar surface area (TPSA) is 31.4 Å². The van der Waals surface area contributed by atoms with E-state index in [4.69, 9.17) is 9.47 Å². The molecule has 1 aromatic heterocycles. The van der Waals surface area contributed by atoms with Crippen LogP contribution in [-0.2, 0) is 6.42 Å². The van der Waals surface area contributed by atoms with E-state index < -0.39 is 0 Å². The largest absolute Gasteiger partial charge is 0.494 e. The maximum atomic E-state index is 5.85. The second-order valence-electron chi connectivity index (χ2n) is 5.42. The first-order chi connectivity index (χ1) is 9.81. The lowest BCUT2D eigenvalue weighted by molar-refractivity contribution is 0.218. The van der Waals surface area contributed by atoms with Crippen molar-refractivity contribution in [2.45, 2.75) is 33.1 Å². The Morgan fingerprint density at radius 1 is 1.35 bits per heavy atom. The zero-order valence-electron chi connectivity index (χ0n) is 12.2. The van der Waals surface area contributed by atoms with E-state index in [0.717, 1.165) is 49.5 Å². The van der Waals surface area contributed by atoms with Gasteiger partial charge in [0.25, 0.3) is 0 Å². The smallest absolute Gasteiger partial charge is 0.141 e. The van der Waals surface area contributed by atoms with Crippen molar-refractivity contribution in [1.82, 2.24) is 4.98 Å². The minimum atomic E-state index is 0.605. The van der Waals surface area contributed by atoms with E-state index in [1.165, 1.54) is 10.9 Å². The number of aromatic nitrogens is 1. The van der Waals surface area contributed by atoms with Gasteiger partial charge in [0.05, 0.1) is 24.9 Å². The molecule has 1 unspecified atom stereocenters. The third-order valence-corrected chi connectivity index (χ3v) is 3.93. The minimum Gasteiger partial charge on any atom is -0.494 e. The Hall–Kier alpha value is -1.77. The molecule has 0 N–H and O–H groups in total. The molecule has 3 nitrogen and oxygen atoms in total. The van der Waals surface area contributed by atoms with Crippen molar-refractivity contribution in [3.63, 3.8) is 0 Å². The molecule has 0 aliphatic carbocycles. The average Bonchev–Trinajstić information content (AvgIpc) is 2.52. The molecule has 1 aliphatic rings. The molecule has 106 valence electrons. The quantitative estimate of drug-likeness (QED) is 0.842. The standard InChI is InChI=1S/C17H21NO2/c1-3-7-19-13-5-6-16-14(9-13)15-8-12(4-2)11-20-17(15)10-18-16/h5-6,9-10,12H,3-4,7-8,11H2,1-2H3. The van der Waals surface area contributed by atoms with E-state index in [1.807, 2.05) is 18.3 Å². The molecule has 0 fully saturated rings. The number of rotatable bonds is 4. The van der Waals surface area contributed by atoms with Gasteiger partial charge >= 0.3 is 0 Å². The molecule has 0 saturated heterocycles. The highest BCUT2D eigenvalue weighted by Gasteiger charge is 2.21. The molecule has 2 aromatic rings. The van der Waals surface area contributed by atoms with Gasteiger partial charge in [-0.25, -0.2) is 0 Å².